The number of halogens is 1. The number of hydrogen-bond donors (Lipinski definition) is 2. The Morgan fingerprint density at radius 1 is 1.18 bits per heavy atom. The van der Waals surface area contributed by atoms with Crippen molar-refractivity contribution in [3.8, 4) is 11.8 Å². The van der Waals surface area contributed by atoms with Gasteiger partial charge in [-0.2, -0.15) is 5.26 Å². The molecule has 1 amide bonds. The van der Waals surface area contributed by atoms with Crippen molar-refractivity contribution in [3.05, 3.63) is 76.4 Å². The summed E-state index contributed by atoms with van der Waals surface area (Å²) in [7, 11) is 1.51. The fourth-order valence-corrected chi connectivity index (χ4v) is 2.71. The van der Waals surface area contributed by atoms with Crippen LogP contribution in [0.3, 0.4) is 0 Å². The smallest absolute Gasteiger partial charge is 0.257 e. The number of benzene rings is 2. The molecule has 1 heterocycles. The number of para-hydroxylation sites is 1. The fourth-order valence-electron chi connectivity index (χ4n) is 2.55. The van der Waals surface area contributed by atoms with E-state index >= 15 is 0 Å². The van der Waals surface area contributed by atoms with E-state index in [-0.39, 0.29) is 5.91 Å². The van der Waals surface area contributed by atoms with Gasteiger partial charge in [0.15, 0.2) is 0 Å². The molecule has 2 N–H and O–H groups in total. The van der Waals surface area contributed by atoms with Crippen LogP contribution in [0.5, 0.6) is 5.75 Å². The van der Waals surface area contributed by atoms with E-state index in [0.29, 0.717) is 39.1 Å². The molecule has 28 heavy (non-hydrogen) atoms. The molecule has 0 bridgehead atoms. The van der Waals surface area contributed by atoms with Crippen LogP contribution in [-0.2, 0) is 0 Å². The van der Waals surface area contributed by atoms with Crippen LogP contribution >= 0.6 is 11.6 Å². The van der Waals surface area contributed by atoms with Gasteiger partial charge in [-0.3, -0.25) is 4.79 Å². The number of carbonyl (C=O) groups is 1. The monoisotopic (exact) mass is 392 g/mol. The Morgan fingerprint density at radius 2 is 1.96 bits per heavy atom. The number of hydrogen-bond acceptors (Lipinski definition) is 5. The maximum Gasteiger partial charge on any atom is 0.257 e. The summed E-state index contributed by atoms with van der Waals surface area (Å²) in [6.07, 6.45) is 1.46. The molecule has 7 heteroatoms. The highest BCUT2D eigenvalue weighted by atomic mass is 35.5. The van der Waals surface area contributed by atoms with Gasteiger partial charge in [0.25, 0.3) is 5.91 Å². The Balaban J connectivity index is 1.76. The molecule has 2 aromatic carbocycles. The Hall–Kier alpha value is -3.56. The predicted molar refractivity (Wildman–Crippen MR) is 109 cm³/mol. The average Bonchev–Trinajstić information content (AvgIpc) is 2.71. The zero-order valence-electron chi connectivity index (χ0n) is 15.3. The van der Waals surface area contributed by atoms with Crippen molar-refractivity contribution in [2.45, 2.75) is 6.92 Å². The highest BCUT2D eigenvalue weighted by Crippen LogP contribution is 2.31. The first-order valence-electron chi connectivity index (χ1n) is 8.39. The number of rotatable bonds is 5. The van der Waals surface area contributed by atoms with Crippen molar-refractivity contribution in [2.75, 3.05) is 17.7 Å². The predicted octanol–water partition coefficient (Wildman–Crippen LogP) is 4.92. The summed E-state index contributed by atoms with van der Waals surface area (Å²) in [4.78, 5) is 16.8. The van der Waals surface area contributed by atoms with Crippen LogP contribution in [0.25, 0.3) is 0 Å². The number of aryl methyl sites for hydroxylation is 1. The van der Waals surface area contributed by atoms with Gasteiger partial charge in [0.2, 0.25) is 0 Å². The third-order valence-electron chi connectivity index (χ3n) is 4.06. The van der Waals surface area contributed by atoms with Gasteiger partial charge in [-0.05, 0) is 42.8 Å². The van der Waals surface area contributed by atoms with Gasteiger partial charge in [-0.25, -0.2) is 4.98 Å². The zero-order chi connectivity index (χ0) is 20.1. The second-order valence-electron chi connectivity index (χ2n) is 5.97. The maximum atomic E-state index is 12.5. The molecule has 6 nitrogen and oxygen atoms in total. The lowest BCUT2D eigenvalue weighted by molar-refractivity contribution is 0.102. The lowest BCUT2D eigenvalue weighted by Crippen LogP contribution is -2.13. The van der Waals surface area contributed by atoms with E-state index in [0.717, 1.165) is 5.56 Å². The molecule has 0 spiro atoms. The van der Waals surface area contributed by atoms with Crippen LogP contribution in [0, 0.1) is 18.3 Å². The molecule has 0 radical (unpaired) electrons. The molecule has 0 saturated heterocycles. The molecule has 1 aromatic heterocycles. The zero-order valence-corrected chi connectivity index (χ0v) is 16.0. The van der Waals surface area contributed by atoms with E-state index < -0.39 is 0 Å². The van der Waals surface area contributed by atoms with Crippen LogP contribution < -0.4 is 15.4 Å². The van der Waals surface area contributed by atoms with Gasteiger partial charge >= 0.3 is 0 Å². The molecular weight excluding hydrogens is 376 g/mol. The summed E-state index contributed by atoms with van der Waals surface area (Å²) in [6, 6.07) is 16.0. The Labute approximate surface area is 167 Å². The van der Waals surface area contributed by atoms with Gasteiger partial charge in [-0.15, -0.1) is 0 Å². The minimum atomic E-state index is -0.323. The lowest BCUT2D eigenvalue weighted by Gasteiger charge is -2.12. The summed E-state index contributed by atoms with van der Waals surface area (Å²) in [5, 5.41) is 15.6. The standard InChI is InChI=1S/C21H17ClN4O2/c1-13-9-18(19(28-2)10-16(13)22)26-21(27)15-7-8-20(24-12-15)25-17-6-4-3-5-14(17)11-23/h3-10,12H,1-2H3,(H,24,25)(H,26,27). The van der Waals surface area contributed by atoms with E-state index in [9.17, 15) is 4.79 Å². The number of nitriles is 1. The van der Waals surface area contributed by atoms with Crippen molar-refractivity contribution in [1.29, 1.82) is 5.26 Å². The summed E-state index contributed by atoms with van der Waals surface area (Å²) in [5.74, 6) is 0.680. The Morgan fingerprint density at radius 3 is 2.64 bits per heavy atom. The Kier molecular flexibility index (Phi) is 5.78. The largest absolute Gasteiger partial charge is 0.495 e. The number of aromatic nitrogens is 1. The Bertz CT molecular complexity index is 1060. The first-order chi connectivity index (χ1) is 13.5. The van der Waals surface area contributed by atoms with E-state index in [4.69, 9.17) is 21.6 Å². The molecule has 0 aliphatic heterocycles. The summed E-state index contributed by atoms with van der Waals surface area (Å²) in [6.45, 7) is 1.85. The minimum Gasteiger partial charge on any atom is -0.495 e. The van der Waals surface area contributed by atoms with Crippen molar-refractivity contribution in [3.63, 3.8) is 0 Å². The van der Waals surface area contributed by atoms with Gasteiger partial charge in [-0.1, -0.05) is 23.7 Å². The second kappa shape index (κ2) is 8.42. The van der Waals surface area contributed by atoms with Crippen LogP contribution in [0.4, 0.5) is 17.2 Å². The highest BCUT2D eigenvalue weighted by Gasteiger charge is 2.12. The van der Waals surface area contributed by atoms with Gasteiger partial charge in [0.1, 0.15) is 17.6 Å². The normalized spacial score (nSPS) is 10.1. The van der Waals surface area contributed by atoms with Crippen molar-refractivity contribution in [2.24, 2.45) is 0 Å². The first-order valence-corrected chi connectivity index (χ1v) is 8.77. The second-order valence-corrected chi connectivity index (χ2v) is 6.38. The maximum absolute atomic E-state index is 12.5. The quantitative estimate of drug-likeness (QED) is 0.643. The van der Waals surface area contributed by atoms with E-state index in [2.05, 4.69) is 21.7 Å². The number of methoxy groups -OCH3 is 1. The number of pyridine rings is 1. The topological polar surface area (TPSA) is 87.0 Å². The van der Waals surface area contributed by atoms with Crippen molar-refractivity contribution < 1.29 is 9.53 Å². The van der Waals surface area contributed by atoms with Gasteiger partial charge in [0.05, 0.1) is 29.6 Å². The minimum absolute atomic E-state index is 0.323. The molecule has 0 unspecified atom stereocenters. The number of carbonyl (C=O) groups excluding carboxylic acids is 1. The van der Waals surface area contributed by atoms with Crippen LogP contribution in [0.1, 0.15) is 21.5 Å². The summed E-state index contributed by atoms with van der Waals surface area (Å²) >= 11 is 6.09. The summed E-state index contributed by atoms with van der Waals surface area (Å²) in [5.41, 5.74) is 2.90. The molecule has 140 valence electrons. The summed E-state index contributed by atoms with van der Waals surface area (Å²) < 4.78 is 5.27. The number of amides is 1. The van der Waals surface area contributed by atoms with Crippen molar-refractivity contribution in [1.82, 2.24) is 4.98 Å². The van der Waals surface area contributed by atoms with Crippen LogP contribution in [-0.4, -0.2) is 18.0 Å². The SMILES string of the molecule is COc1cc(Cl)c(C)cc1NC(=O)c1ccc(Nc2ccccc2C#N)nc1. The highest BCUT2D eigenvalue weighted by molar-refractivity contribution is 6.31. The molecule has 0 aliphatic carbocycles. The number of ether oxygens (including phenoxy) is 1. The van der Waals surface area contributed by atoms with E-state index in [1.807, 2.05) is 13.0 Å². The molecule has 3 aromatic rings. The van der Waals surface area contributed by atoms with E-state index in [1.54, 1.807) is 42.5 Å². The number of nitrogens with one attached hydrogen (secondary N) is 2. The van der Waals surface area contributed by atoms with Crippen LogP contribution in [0.2, 0.25) is 5.02 Å². The molecule has 3 rings (SSSR count). The number of anilines is 3. The molecular formula is C21H17ClN4O2. The molecule has 0 atom stereocenters. The fraction of sp³-hybridized carbons (Fsp3) is 0.0952. The van der Waals surface area contributed by atoms with E-state index in [1.165, 1.54) is 13.3 Å². The molecule has 0 aliphatic rings. The third kappa shape index (κ3) is 4.22. The van der Waals surface area contributed by atoms with Gasteiger partial charge in [0, 0.05) is 17.3 Å². The average molecular weight is 393 g/mol. The molecule has 0 saturated carbocycles. The van der Waals surface area contributed by atoms with Gasteiger partial charge < -0.3 is 15.4 Å². The number of nitrogens with zero attached hydrogens (tertiary/aromatic N) is 2. The lowest BCUT2D eigenvalue weighted by atomic mass is 10.2. The third-order valence-corrected chi connectivity index (χ3v) is 4.47. The first kappa shape index (κ1) is 19.2. The van der Waals surface area contributed by atoms with Crippen molar-refractivity contribution >= 4 is 34.7 Å². The molecule has 0 fully saturated rings. The van der Waals surface area contributed by atoms with Crippen LogP contribution in [0.15, 0.2) is 54.7 Å².